The highest BCUT2D eigenvalue weighted by molar-refractivity contribution is 7.93. The van der Waals surface area contributed by atoms with Crippen molar-refractivity contribution in [2.75, 3.05) is 4.31 Å². The second-order valence-corrected chi connectivity index (χ2v) is 12.3. The Morgan fingerprint density at radius 1 is 0.475 bits per heavy atom. The number of hydrogen-bond acceptors (Lipinski definition) is 4. The molecule has 5 aromatic carbocycles. The zero-order valence-corrected chi connectivity index (χ0v) is 23.0. The molecule has 0 atom stereocenters. The van der Waals surface area contributed by atoms with Gasteiger partial charge in [0.05, 0.1) is 26.9 Å². The molecular weight excluding hydrogens is 540 g/mol. The van der Waals surface area contributed by atoms with Crippen molar-refractivity contribution in [1.29, 1.82) is 0 Å². The van der Waals surface area contributed by atoms with Gasteiger partial charge in [-0.1, -0.05) is 115 Å². The summed E-state index contributed by atoms with van der Waals surface area (Å²) in [6, 6.07) is 42.4. The van der Waals surface area contributed by atoms with Crippen molar-refractivity contribution in [2.24, 2.45) is 0 Å². The van der Waals surface area contributed by atoms with Gasteiger partial charge in [0.1, 0.15) is 0 Å². The highest BCUT2D eigenvalue weighted by Crippen LogP contribution is 2.37. The van der Waals surface area contributed by atoms with E-state index >= 15 is 0 Å². The van der Waals surface area contributed by atoms with Crippen molar-refractivity contribution in [1.82, 2.24) is 4.72 Å². The van der Waals surface area contributed by atoms with Crippen LogP contribution in [-0.2, 0) is 20.0 Å². The van der Waals surface area contributed by atoms with Crippen LogP contribution >= 0.6 is 0 Å². The van der Waals surface area contributed by atoms with E-state index in [2.05, 4.69) is 4.72 Å². The van der Waals surface area contributed by atoms with Crippen LogP contribution in [0, 0.1) is 0 Å². The summed E-state index contributed by atoms with van der Waals surface area (Å²) in [5, 5.41) is 0. The van der Waals surface area contributed by atoms with E-state index in [1.54, 1.807) is 115 Å². The van der Waals surface area contributed by atoms with Crippen molar-refractivity contribution < 1.29 is 16.8 Å². The summed E-state index contributed by atoms with van der Waals surface area (Å²) in [6.07, 6.45) is 0. The topological polar surface area (TPSA) is 83.6 Å². The third-order valence-electron chi connectivity index (χ3n) is 6.11. The van der Waals surface area contributed by atoms with Crippen LogP contribution in [0.15, 0.2) is 161 Å². The summed E-state index contributed by atoms with van der Waals surface area (Å²) in [7, 11) is -8.35. The van der Waals surface area contributed by atoms with Crippen LogP contribution in [0.1, 0.15) is 11.1 Å². The first-order valence-corrected chi connectivity index (χ1v) is 15.4. The smallest absolute Gasteiger partial charge is 0.268 e. The Hall–Kier alpha value is -4.66. The van der Waals surface area contributed by atoms with Gasteiger partial charge in [0, 0.05) is 11.1 Å². The molecule has 0 amide bonds. The van der Waals surface area contributed by atoms with Gasteiger partial charge in [-0.05, 0) is 36.4 Å². The van der Waals surface area contributed by atoms with Gasteiger partial charge in [-0.3, -0.25) is 4.72 Å². The van der Waals surface area contributed by atoms with Gasteiger partial charge in [-0.25, -0.2) is 21.1 Å². The average molecular weight is 567 g/mol. The Labute approximate surface area is 235 Å². The van der Waals surface area contributed by atoms with Crippen molar-refractivity contribution in [3.8, 4) is 0 Å². The Bertz CT molecular complexity index is 1810. The second-order valence-electron chi connectivity index (χ2n) is 8.79. The number of rotatable bonds is 9. The van der Waals surface area contributed by atoms with Gasteiger partial charge in [-0.15, -0.1) is 0 Å². The van der Waals surface area contributed by atoms with E-state index in [9.17, 15) is 16.8 Å². The molecule has 0 heterocycles. The van der Waals surface area contributed by atoms with Gasteiger partial charge < -0.3 is 0 Å². The third-order valence-corrected chi connectivity index (χ3v) is 9.22. The van der Waals surface area contributed by atoms with E-state index in [1.807, 2.05) is 12.1 Å². The normalized spacial score (nSPS) is 12.3. The second kappa shape index (κ2) is 11.6. The van der Waals surface area contributed by atoms with Crippen LogP contribution in [0.25, 0.3) is 11.4 Å². The standard InChI is InChI=1S/C32H26N2O4S2/c35-39(36,29-22-12-4-13-23-29)33-31(26-16-6-1-7-17-26)32(27-18-8-2-9-19-27)34(28-20-10-3-11-21-28)40(37,38)30-24-14-5-15-25-30/h1-25,33H/b32-31-. The van der Waals surface area contributed by atoms with Crippen molar-refractivity contribution in [2.45, 2.75) is 9.79 Å². The molecule has 0 unspecified atom stereocenters. The lowest BCUT2D eigenvalue weighted by molar-refractivity contribution is 0.590. The first kappa shape index (κ1) is 26.9. The molecular formula is C32H26N2O4S2. The first-order valence-electron chi connectivity index (χ1n) is 12.5. The maximum absolute atomic E-state index is 14.4. The fourth-order valence-corrected chi connectivity index (χ4v) is 6.91. The van der Waals surface area contributed by atoms with Crippen LogP contribution in [0.2, 0.25) is 0 Å². The zero-order valence-electron chi connectivity index (χ0n) is 21.3. The minimum atomic E-state index is -4.23. The molecule has 0 fully saturated rings. The highest BCUT2D eigenvalue weighted by Gasteiger charge is 2.33. The third kappa shape index (κ3) is 5.68. The van der Waals surface area contributed by atoms with Gasteiger partial charge in [-0.2, -0.15) is 0 Å². The molecule has 0 aliphatic heterocycles. The van der Waals surface area contributed by atoms with Gasteiger partial charge >= 0.3 is 0 Å². The quantitative estimate of drug-likeness (QED) is 0.210. The Kier molecular flexibility index (Phi) is 7.82. The molecule has 0 aromatic heterocycles. The molecule has 200 valence electrons. The van der Waals surface area contributed by atoms with E-state index in [1.165, 1.54) is 28.6 Å². The maximum Gasteiger partial charge on any atom is 0.268 e. The molecule has 5 aromatic rings. The minimum Gasteiger partial charge on any atom is -0.277 e. The van der Waals surface area contributed by atoms with Gasteiger partial charge in [0.15, 0.2) is 0 Å². The first-order chi connectivity index (χ1) is 19.4. The number of hydrogen-bond donors (Lipinski definition) is 1. The lowest BCUT2D eigenvalue weighted by Gasteiger charge is -2.30. The molecule has 1 N–H and O–H groups in total. The molecule has 8 heteroatoms. The van der Waals surface area contributed by atoms with E-state index in [-0.39, 0.29) is 21.2 Å². The van der Waals surface area contributed by atoms with Crippen LogP contribution in [0.5, 0.6) is 0 Å². The summed E-state index contributed by atoms with van der Waals surface area (Å²) in [6.45, 7) is 0. The number of para-hydroxylation sites is 1. The highest BCUT2D eigenvalue weighted by atomic mass is 32.2. The Balaban J connectivity index is 1.88. The predicted molar refractivity (Wildman–Crippen MR) is 159 cm³/mol. The maximum atomic E-state index is 14.4. The monoisotopic (exact) mass is 566 g/mol. The van der Waals surface area contributed by atoms with Crippen LogP contribution in [0.3, 0.4) is 0 Å². The van der Waals surface area contributed by atoms with E-state index < -0.39 is 20.0 Å². The number of sulfonamides is 2. The number of nitrogens with zero attached hydrogens (tertiary/aromatic N) is 1. The lowest BCUT2D eigenvalue weighted by Crippen LogP contribution is -2.33. The Morgan fingerprint density at radius 3 is 1.38 bits per heavy atom. The largest absolute Gasteiger partial charge is 0.277 e. The molecule has 0 radical (unpaired) electrons. The minimum absolute atomic E-state index is 0.0491. The predicted octanol–water partition coefficient (Wildman–Crippen LogP) is 6.39. The number of anilines is 1. The van der Waals surface area contributed by atoms with E-state index in [0.717, 1.165) is 0 Å². The van der Waals surface area contributed by atoms with E-state index in [4.69, 9.17) is 0 Å². The van der Waals surface area contributed by atoms with E-state index in [0.29, 0.717) is 16.8 Å². The molecule has 0 aliphatic carbocycles. The number of benzene rings is 5. The molecule has 0 aliphatic rings. The SMILES string of the molecule is O=S(=O)(N/C(=C(/c1ccccc1)N(c1ccccc1)S(=O)(=O)c1ccccc1)c1ccccc1)c1ccccc1. The summed E-state index contributed by atoms with van der Waals surface area (Å²) >= 11 is 0. The average Bonchev–Trinajstić information content (AvgIpc) is 3.01. The summed E-state index contributed by atoms with van der Waals surface area (Å²) in [5.74, 6) is 0. The molecule has 6 nitrogen and oxygen atoms in total. The lowest BCUT2D eigenvalue weighted by atomic mass is 10.0. The molecule has 0 bridgehead atoms. The molecule has 0 saturated carbocycles. The van der Waals surface area contributed by atoms with Crippen LogP contribution in [-0.4, -0.2) is 16.8 Å². The molecule has 40 heavy (non-hydrogen) atoms. The van der Waals surface area contributed by atoms with Crippen molar-refractivity contribution in [3.63, 3.8) is 0 Å². The number of nitrogens with one attached hydrogen (secondary N) is 1. The summed E-state index contributed by atoms with van der Waals surface area (Å²) in [4.78, 5) is 0.110. The van der Waals surface area contributed by atoms with Crippen molar-refractivity contribution in [3.05, 3.63) is 163 Å². The summed E-state index contributed by atoms with van der Waals surface area (Å²) < 4.78 is 60.2. The fourth-order valence-electron chi connectivity index (χ4n) is 4.25. The molecule has 5 rings (SSSR count). The van der Waals surface area contributed by atoms with Crippen LogP contribution < -0.4 is 9.03 Å². The van der Waals surface area contributed by atoms with Crippen LogP contribution in [0.4, 0.5) is 5.69 Å². The van der Waals surface area contributed by atoms with Crippen molar-refractivity contribution >= 4 is 37.1 Å². The zero-order chi connectivity index (χ0) is 28.0. The fraction of sp³-hybridized carbons (Fsp3) is 0. The Morgan fingerprint density at radius 2 is 0.875 bits per heavy atom. The summed E-state index contributed by atoms with van der Waals surface area (Å²) in [5.41, 5.74) is 1.60. The van der Waals surface area contributed by atoms with Gasteiger partial charge in [0.2, 0.25) is 0 Å². The van der Waals surface area contributed by atoms with Gasteiger partial charge in [0.25, 0.3) is 20.0 Å². The molecule has 0 saturated heterocycles. The molecule has 0 spiro atoms.